The molecular formula is C17H21NO4. The zero-order valence-corrected chi connectivity index (χ0v) is 13.5. The fourth-order valence-electron chi connectivity index (χ4n) is 2.11. The van der Waals surface area contributed by atoms with E-state index in [-0.39, 0.29) is 11.4 Å². The third kappa shape index (κ3) is 3.87. The summed E-state index contributed by atoms with van der Waals surface area (Å²) in [6, 6.07) is 6.65. The second-order valence-corrected chi connectivity index (χ2v) is 6.41. The molecule has 118 valence electrons. The van der Waals surface area contributed by atoms with Crippen molar-refractivity contribution in [3.05, 3.63) is 40.2 Å². The van der Waals surface area contributed by atoms with Gasteiger partial charge in [-0.3, -0.25) is 4.79 Å². The van der Waals surface area contributed by atoms with Crippen LogP contribution in [0.25, 0.3) is 11.0 Å². The maximum absolute atomic E-state index is 12.0. The molecule has 0 bridgehead atoms. The van der Waals surface area contributed by atoms with Crippen molar-refractivity contribution >= 4 is 16.9 Å². The average Bonchev–Trinajstić information content (AvgIpc) is 2.35. The predicted molar refractivity (Wildman–Crippen MR) is 85.2 cm³/mol. The second-order valence-electron chi connectivity index (χ2n) is 6.41. The van der Waals surface area contributed by atoms with Gasteiger partial charge in [-0.2, -0.15) is 0 Å². The molecule has 1 unspecified atom stereocenters. The second kappa shape index (κ2) is 5.83. The van der Waals surface area contributed by atoms with Gasteiger partial charge in [-0.15, -0.1) is 0 Å². The average molecular weight is 303 g/mol. The molecule has 2 aromatic rings. The van der Waals surface area contributed by atoms with E-state index in [1.165, 1.54) is 6.07 Å². The first-order valence-corrected chi connectivity index (χ1v) is 7.19. The van der Waals surface area contributed by atoms with Crippen molar-refractivity contribution in [3.63, 3.8) is 0 Å². The molecule has 1 N–H and O–H groups in total. The number of benzene rings is 1. The summed E-state index contributed by atoms with van der Waals surface area (Å²) in [6.07, 6.45) is -0.645. The zero-order chi connectivity index (χ0) is 16.5. The number of carbonyl (C=O) groups excluding carboxylic acids is 1. The molecule has 0 aliphatic carbocycles. The van der Waals surface area contributed by atoms with E-state index in [1.54, 1.807) is 19.1 Å². The van der Waals surface area contributed by atoms with E-state index in [0.29, 0.717) is 11.3 Å². The lowest BCUT2D eigenvalue weighted by Gasteiger charge is -2.23. The number of carbonyl (C=O) groups is 1. The Morgan fingerprint density at radius 3 is 2.59 bits per heavy atom. The lowest BCUT2D eigenvalue weighted by molar-refractivity contribution is -0.128. The molecular weight excluding hydrogens is 282 g/mol. The van der Waals surface area contributed by atoms with E-state index in [2.05, 4.69) is 5.32 Å². The standard InChI is InChI=1S/C17H21NO4/c1-10-8-15(19)22-14-9-12(6-7-13(10)14)21-11(2)16(20)18-17(3,4)5/h6-9,11H,1-5H3,(H,18,20). The molecule has 0 spiro atoms. The monoisotopic (exact) mass is 303 g/mol. The van der Waals surface area contributed by atoms with E-state index < -0.39 is 11.7 Å². The summed E-state index contributed by atoms with van der Waals surface area (Å²) in [7, 11) is 0. The molecule has 1 aromatic heterocycles. The molecule has 1 heterocycles. The highest BCUT2D eigenvalue weighted by atomic mass is 16.5. The van der Waals surface area contributed by atoms with Crippen LogP contribution in [0.1, 0.15) is 33.3 Å². The van der Waals surface area contributed by atoms with Crippen LogP contribution in [0.3, 0.4) is 0 Å². The number of aryl methyl sites for hydroxylation is 1. The lowest BCUT2D eigenvalue weighted by atomic mass is 10.1. The Kier molecular flexibility index (Phi) is 4.26. The maximum atomic E-state index is 12.0. The predicted octanol–water partition coefficient (Wildman–Crippen LogP) is 2.78. The van der Waals surface area contributed by atoms with Gasteiger partial charge in [-0.25, -0.2) is 4.79 Å². The highest BCUT2D eigenvalue weighted by molar-refractivity contribution is 5.83. The van der Waals surface area contributed by atoms with Gasteiger partial charge in [0.1, 0.15) is 11.3 Å². The van der Waals surface area contributed by atoms with Crippen molar-refractivity contribution < 1.29 is 13.9 Å². The van der Waals surface area contributed by atoms with Gasteiger partial charge in [0, 0.05) is 23.1 Å². The Balaban J connectivity index is 2.21. The maximum Gasteiger partial charge on any atom is 0.336 e. The van der Waals surface area contributed by atoms with Crippen LogP contribution in [-0.2, 0) is 4.79 Å². The molecule has 5 nitrogen and oxygen atoms in total. The highest BCUT2D eigenvalue weighted by Crippen LogP contribution is 2.23. The first-order chi connectivity index (χ1) is 10.2. The Morgan fingerprint density at radius 2 is 1.95 bits per heavy atom. The summed E-state index contributed by atoms with van der Waals surface area (Å²) in [6.45, 7) is 9.25. The van der Waals surface area contributed by atoms with Crippen LogP contribution in [0.5, 0.6) is 5.75 Å². The smallest absolute Gasteiger partial charge is 0.336 e. The molecule has 22 heavy (non-hydrogen) atoms. The van der Waals surface area contributed by atoms with Gasteiger partial charge in [-0.1, -0.05) is 0 Å². The fourth-order valence-corrected chi connectivity index (χ4v) is 2.11. The fraction of sp³-hybridized carbons (Fsp3) is 0.412. The van der Waals surface area contributed by atoms with Crippen LogP contribution in [0.15, 0.2) is 33.5 Å². The third-order valence-corrected chi connectivity index (χ3v) is 3.10. The highest BCUT2D eigenvalue weighted by Gasteiger charge is 2.20. The summed E-state index contributed by atoms with van der Waals surface area (Å²) < 4.78 is 10.8. The molecule has 1 amide bonds. The Morgan fingerprint density at radius 1 is 1.27 bits per heavy atom. The number of rotatable bonds is 3. The van der Waals surface area contributed by atoms with Gasteiger partial charge < -0.3 is 14.5 Å². The molecule has 0 saturated carbocycles. The van der Waals surface area contributed by atoms with E-state index in [9.17, 15) is 9.59 Å². The van der Waals surface area contributed by atoms with E-state index in [0.717, 1.165) is 10.9 Å². The van der Waals surface area contributed by atoms with Crippen LogP contribution in [0.2, 0.25) is 0 Å². The first-order valence-electron chi connectivity index (χ1n) is 7.19. The summed E-state index contributed by atoms with van der Waals surface area (Å²) >= 11 is 0. The van der Waals surface area contributed by atoms with Gasteiger partial charge in [0.15, 0.2) is 6.10 Å². The van der Waals surface area contributed by atoms with E-state index in [4.69, 9.17) is 9.15 Å². The minimum Gasteiger partial charge on any atom is -0.481 e. The van der Waals surface area contributed by atoms with Gasteiger partial charge in [-0.05, 0) is 52.3 Å². The van der Waals surface area contributed by atoms with Crippen molar-refractivity contribution in [2.24, 2.45) is 0 Å². The molecule has 2 rings (SSSR count). The molecule has 0 radical (unpaired) electrons. The Labute approximate surface area is 129 Å². The molecule has 5 heteroatoms. The quantitative estimate of drug-likeness (QED) is 0.885. The van der Waals surface area contributed by atoms with Crippen molar-refractivity contribution in [1.29, 1.82) is 0 Å². The van der Waals surface area contributed by atoms with Gasteiger partial charge in [0.25, 0.3) is 5.91 Å². The molecule has 0 aliphatic heterocycles. The molecule has 1 atom stereocenters. The van der Waals surface area contributed by atoms with Gasteiger partial charge in [0.05, 0.1) is 0 Å². The number of nitrogens with one attached hydrogen (secondary N) is 1. The largest absolute Gasteiger partial charge is 0.481 e. The van der Waals surface area contributed by atoms with E-state index in [1.807, 2.05) is 33.8 Å². The van der Waals surface area contributed by atoms with Crippen molar-refractivity contribution in [2.45, 2.75) is 46.3 Å². The van der Waals surface area contributed by atoms with Crippen molar-refractivity contribution in [3.8, 4) is 5.75 Å². The van der Waals surface area contributed by atoms with Crippen molar-refractivity contribution in [2.75, 3.05) is 0 Å². The summed E-state index contributed by atoms with van der Waals surface area (Å²) in [4.78, 5) is 23.5. The van der Waals surface area contributed by atoms with Crippen LogP contribution in [0, 0.1) is 6.92 Å². The Hall–Kier alpha value is -2.30. The number of fused-ring (bicyclic) bond motifs is 1. The molecule has 0 aliphatic rings. The Bertz CT molecular complexity index is 755. The molecule has 0 fully saturated rings. The minimum absolute atomic E-state index is 0.196. The van der Waals surface area contributed by atoms with Gasteiger partial charge in [0.2, 0.25) is 0 Å². The van der Waals surface area contributed by atoms with Crippen LogP contribution >= 0.6 is 0 Å². The first kappa shape index (κ1) is 16.1. The summed E-state index contributed by atoms with van der Waals surface area (Å²) in [5, 5.41) is 3.70. The SMILES string of the molecule is Cc1cc(=O)oc2cc(OC(C)C(=O)NC(C)(C)C)ccc12. The van der Waals surface area contributed by atoms with Crippen LogP contribution in [-0.4, -0.2) is 17.6 Å². The topological polar surface area (TPSA) is 68.5 Å². The summed E-state index contributed by atoms with van der Waals surface area (Å²) in [5.74, 6) is 0.288. The number of amides is 1. The zero-order valence-electron chi connectivity index (χ0n) is 13.5. The third-order valence-electron chi connectivity index (χ3n) is 3.10. The van der Waals surface area contributed by atoms with Gasteiger partial charge >= 0.3 is 5.63 Å². The normalized spacial score (nSPS) is 13.0. The number of hydrogen-bond acceptors (Lipinski definition) is 4. The van der Waals surface area contributed by atoms with E-state index >= 15 is 0 Å². The van der Waals surface area contributed by atoms with Crippen LogP contribution in [0.4, 0.5) is 0 Å². The molecule has 0 saturated heterocycles. The van der Waals surface area contributed by atoms with Crippen molar-refractivity contribution in [1.82, 2.24) is 5.32 Å². The summed E-state index contributed by atoms with van der Waals surface area (Å²) in [5.41, 5.74) is 0.574. The number of ether oxygens (including phenoxy) is 1. The minimum atomic E-state index is -0.645. The lowest BCUT2D eigenvalue weighted by Crippen LogP contribution is -2.46. The molecule has 1 aromatic carbocycles. The number of hydrogen-bond donors (Lipinski definition) is 1. The van der Waals surface area contributed by atoms with Crippen LogP contribution < -0.4 is 15.7 Å².